The van der Waals surface area contributed by atoms with Gasteiger partial charge in [-0.3, -0.25) is 0 Å². The molecule has 0 aliphatic carbocycles. The molecule has 1 N–H and O–H groups in total. The van der Waals surface area contributed by atoms with Gasteiger partial charge in [0, 0.05) is 0 Å². The predicted octanol–water partition coefficient (Wildman–Crippen LogP) is 3.49. The summed E-state index contributed by atoms with van der Waals surface area (Å²) in [4.78, 5) is 11.3. The van der Waals surface area contributed by atoms with Crippen molar-refractivity contribution in [3.8, 4) is 0 Å². The SMILES string of the molecule is CC(C)CC(NC(=O)OC(C)(C)C)C(F)(F)F. The first-order valence-electron chi connectivity index (χ1n) is 5.48. The van der Waals surface area contributed by atoms with Gasteiger partial charge in [0.15, 0.2) is 0 Å². The molecule has 0 radical (unpaired) electrons. The lowest BCUT2D eigenvalue weighted by Crippen LogP contribution is -2.47. The Labute approximate surface area is 99.7 Å². The largest absolute Gasteiger partial charge is 0.444 e. The minimum absolute atomic E-state index is 0.164. The molecule has 0 aromatic heterocycles. The number of amides is 1. The van der Waals surface area contributed by atoms with E-state index < -0.39 is 23.9 Å². The number of alkyl carbamates (subject to hydrolysis) is 1. The highest BCUT2D eigenvalue weighted by Gasteiger charge is 2.41. The Kier molecular flexibility index (Phi) is 5.29. The Hall–Kier alpha value is -0.940. The van der Waals surface area contributed by atoms with Crippen molar-refractivity contribution in [3.63, 3.8) is 0 Å². The number of ether oxygens (including phenoxy) is 1. The van der Waals surface area contributed by atoms with Crippen LogP contribution >= 0.6 is 0 Å². The Balaban J connectivity index is 4.50. The molecular formula is C11H20F3NO2. The van der Waals surface area contributed by atoms with E-state index in [2.05, 4.69) is 0 Å². The topological polar surface area (TPSA) is 38.3 Å². The van der Waals surface area contributed by atoms with Gasteiger partial charge in [-0.05, 0) is 33.1 Å². The third-order valence-electron chi connectivity index (χ3n) is 1.79. The maximum absolute atomic E-state index is 12.6. The van der Waals surface area contributed by atoms with Gasteiger partial charge in [0.05, 0.1) is 0 Å². The highest BCUT2D eigenvalue weighted by molar-refractivity contribution is 5.68. The molecule has 0 aromatic carbocycles. The summed E-state index contributed by atoms with van der Waals surface area (Å²) in [7, 11) is 0. The van der Waals surface area contributed by atoms with E-state index in [1.165, 1.54) is 0 Å². The van der Waals surface area contributed by atoms with Crippen molar-refractivity contribution >= 4 is 6.09 Å². The van der Waals surface area contributed by atoms with E-state index in [0.717, 1.165) is 0 Å². The number of hydrogen-bond donors (Lipinski definition) is 1. The van der Waals surface area contributed by atoms with E-state index >= 15 is 0 Å². The lowest BCUT2D eigenvalue weighted by atomic mass is 10.0. The van der Waals surface area contributed by atoms with Crippen molar-refractivity contribution in [1.82, 2.24) is 5.32 Å². The molecule has 3 nitrogen and oxygen atoms in total. The van der Waals surface area contributed by atoms with E-state index in [1.807, 2.05) is 5.32 Å². The Bertz CT molecular complexity index is 256. The summed E-state index contributed by atoms with van der Waals surface area (Å²) in [5, 5.41) is 1.86. The van der Waals surface area contributed by atoms with Gasteiger partial charge in [0.25, 0.3) is 0 Å². The second-order valence-electron chi connectivity index (χ2n) is 5.37. The van der Waals surface area contributed by atoms with Gasteiger partial charge in [0.1, 0.15) is 11.6 Å². The molecule has 0 fully saturated rings. The van der Waals surface area contributed by atoms with Crippen molar-refractivity contribution < 1.29 is 22.7 Å². The van der Waals surface area contributed by atoms with E-state index in [9.17, 15) is 18.0 Å². The number of alkyl halides is 3. The highest BCUT2D eigenvalue weighted by Crippen LogP contribution is 2.25. The highest BCUT2D eigenvalue weighted by atomic mass is 19.4. The third-order valence-corrected chi connectivity index (χ3v) is 1.79. The van der Waals surface area contributed by atoms with Gasteiger partial charge < -0.3 is 10.1 Å². The molecule has 102 valence electrons. The fourth-order valence-electron chi connectivity index (χ4n) is 1.20. The van der Waals surface area contributed by atoms with Crippen molar-refractivity contribution in [2.24, 2.45) is 5.92 Å². The normalized spacial score (nSPS) is 14.6. The molecule has 17 heavy (non-hydrogen) atoms. The molecular weight excluding hydrogens is 235 g/mol. The lowest BCUT2D eigenvalue weighted by Gasteiger charge is -2.26. The molecule has 0 spiro atoms. The molecule has 0 rings (SSSR count). The van der Waals surface area contributed by atoms with E-state index in [-0.39, 0.29) is 12.3 Å². The minimum Gasteiger partial charge on any atom is -0.444 e. The average Bonchev–Trinajstić information content (AvgIpc) is 1.95. The Morgan fingerprint density at radius 2 is 1.71 bits per heavy atom. The Morgan fingerprint density at radius 3 is 2.00 bits per heavy atom. The summed E-state index contributed by atoms with van der Waals surface area (Å²) in [6.45, 7) is 8.11. The van der Waals surface area contributed by atoms with Crippen LogP contribution in [0.3, 0.4) is 0 Å². The van der Waals surface area contributed by atoms with Crippen LogP contribution in [0.1, 0.15) is 41.0 Å². The number of carbonyl (C=O) groups excluding carboxylic acids is 1. The van der Waals surface area contributed by atoms with E-state index in [4.69, 9.17) is 4.74 Å². The molecule has 0 aliphatic heterocycles. The van der Waals surface area contributed by atoms with Crippen LogP contribution in [-0.4, -0.2) is 23.9 Å². The van der Waals surface area contributed by atoms with Crippen LogP contribution in [0.25, 0.3) is 0 Å². The van der Waals surface area contributed by atoms with Gasteiger partial charge in [-0.1, -0.05) is 13.8 Å². The molecule has 0 bridgehead atoms. The zero-order valence-corrected chi connectivity index (χ0v) is 10.8. The van der Waals surface area contributed by atoms with Crippen LogP contribution in [0, 0.1) is 5.92 Å². The lowest BCUT2D eigenvalue weighted by molar-refractivity contribution is -0.158. The molecule has 0 saturated carbocycles. The second kappa shape index (κ2) is 5.60. The molecule has 0 heterocycles. The molecule has 6 heteroatoms. The molecule has 1 amide bonds. The van der Waals surface area contributed by atoms with Crippen LogP contribution < -0.4 is 5.32 Å². The number of halogens is 3. The quantitative estimate of drug-likeness (QED) is 0.838. The Morgan fingerprint density at radius 1 is 1.24 bits per heavy atom. The summed E-state index contributed by atoms with van der Waals surface area (Å²) >= 11 is 0. The fourth-order valence-corrected chi connectivity index (χ4v) is 1.20. The monoisotopic (exact) mass is 255 g/mol. The van der Waals surface area contributed by atoms with Crippen molar-refractivity contribution in [1.29, 1.82) is 0 Å². The standard InChI is InChI=1S/C11H20F3NO2/c1-7(2)6-8(11(12,13)14)15-9(16)17-10(3,4)5/h7-8H,6H2,1-5H3,(H,15,16). The summed E-state index contributed by atoms with van der Waals surface area (Å²) < 4.78 is 42.6. The zero-order valence-electron chi connectivity index (χ0n) is 10.8. The first kappa shape index (κ1) is 16.1. The van der Waals surface area contributed by atoms with Crippen LogP contribution in [0.2, 0.25) is 0 Å². The first-order valence-corrected chi connectivity index (χ1v) is 5.48. The molecule has 1 atom stereocenters. The van der Waals surface area contributed by atoms with Crippen LogP contribution in [0.5, 0.6) is 0 Å². The molecule has 0 aromatic rings. The number of rotatable bonds is 3. The van der Waals surface area contributed by atoms with Crippen LogP contribution in [0.4, 0.5) is 18.0 Å². The maximum Gasteiger partial charge on any atom is 0.408 e. The van der Waals surface area contributed by atoms with Gasteiger partial charge in [-0.25, -0.2) is 4.79 Å². The third kappa shape index (κ3) is 7.88. The van der Waals surface area contributed by atoms with Crippen molar-refractivity contribution in [3.05, 3.63) is 0 Å². The first-order chi connectivity index (χ1) is 7.42. The number of hydrogen-bond acceptors (Lipinski definition) is 2. The summed E-state index contributed by atoms with van der Waals surface area (Å²) in [5.41, 5.74) is -0.807. The maximum atomic E-state index is 12.6. The predicted molar refractivity (Wildman–Crippen MR) is 58.7 cm³/mol. The van der Waals surface area contributed by atoms with Crippen molar-refractivity contribution in [2.45, 2.75) is 58.9 Å². The smallest absolute Gasteiger partial charge is 0.408 e. The van der Waals surface area contributed by atoms with Gasteiger partial charge >= 0.3 is 12.3 Å². The molecule has 1 unspecified atom stereocenters. The van der Waals surface area contributed by atoms with E-state index in [1.54, 1.807) is 34.6 Å². The number of carbonyl (C=O) groups is 1. The summed E-state index contributed by atoms with van der Waals surface area (Å²) in [5.74, 6) is -0.170. The zero-order chi connectivity index (χ0) is 13.9. The fraction of sp³-hybridized carbons (Fsp3) is 0.909. The van der Waals surface area contributed by atoms with Gasteiger partial charge in [0.2, 0.25) is 0 Å². The van der Waals surface area contributed by atoms with Crippen LogP contribution in [0.15, 0.2) is 0 Å². The van der Waals surface area contributed by atoms with Crippen LogP contribution in [-0.2, 0) is 4.74 Å². The summed E-state index contributed by atoms with van der Waals surface area (Å²) in [6.07, 6.45) is -5.66. The minimum atomic E-state index is -4.46. The van der Waals surface area contributed by atoms with E-state index in [0.29, 0.717) is 0 Å². The number of nitrogens with one attached hydrogen (secondary N) is 1. The van der Waals surface area contributed by atoms with Gasteiger partial charge in [-0.15, -0.1) is 0 Å². The average molecular weight is 255 g/mol. The second-order valence-corrected chi connectivity index (χ2v) is 5.37. The molecule has 0 saturated heterocycles. The van der Waals surface area contributed by atoms with Gasteiger partial charge in [-0.2, -0.15) is 13.2 Å². The van der Waals surface area contributed by atoms with Crippen molar-refractivity contribution in [2.75, 3.05) is 0 Å². The summed E-state index contributed by atoms with van der Waals surface area (Å²) in [6, 6.07) is -1.86. The molecule has 0 aliphatic rings.